The zero-order valence-electron chi connectivity index (χ0n) is 9.55. The van der Waals surface area contributed by atoms with Crippen LogP contribution in [0.25, 0.3) is 21.3 Å². The minimum absolute atomic E-state index is 0.000447. The molecule has 0 aliphatic rings. The van der Waals surface area contributed by atoms with Gasteiger partial charge in [-0.1, -0.05) is 17.4 Å². The molecule has 0 spiro atoms. The van der Waals surface area contributed by atoms with Gasteiger partial charge in [0.15, 0.2) is 0 Å². The highest BCUT2D eigenvalue weighted by Gasteiger charge is 2.06. The molecule has 0 aliphatic carbocycles. The first-order chi connectivity index (χ1) is 8.65. The maximum absolute atomic E-state index is 13.1. The molecular weight excluding hydrogens is 251 g/mol. The Bertz CT molecular complexity index is 791. The monoisotopic (exact) mass is 260 g/mol. The highest BCUT2D eigenvalue weighted by atomic mass is 32.1. The number of aryl methyl sites for hydroxylation is 1. The maximum Gasteiger partial charge on any atom is 0.307 e. The van der Waals surface area contributed by atoms with Crippen LogP contribution in [0.5, 0.6) is 0 Å². The van der Waals surface area contributed by atoms with Crippen molar-refractivity contribution in [1.29, 1.82) is 0 Å². The summed E-state index contributed by atoms with van der Waals surface area (Å²) in [4.78, 5) is 15.4. The van der Waals surface area contributed by atoms with Gasteiger partial charge in [-0.3, -0.25) is 9.78 Å². The zero-order valence-corrected chi connectivity index (χ0v) is 10.4. The van der Waals surface area contributed by atoms with Crippen molar-refractivity contribution < 1.29 is 4.39 Å². The molecule has 0 unspecified atom stereocenters. The van der Waals surface area contributed by atoms with Gasteiger partial charge in [-0.15, -0.1) is 0 Å². The van der Waals surface area contributed by atoms with E-state index in [1.165, 1.54) is 23.6 Å². The maximum atomic E-state index is 13.1. The van der Waals surface area contributed by atoms with E-state index in [0.29, 0.717) is 5.56 Å². The van der Waals surface area contributed by atoms with Gasteiger partial charge in [-0.2, -0.15) is 0 Å². The number of halogens is 1. The molecule has 3 rings (SSSR count). The van der Waals surface area contributed by atoms with E-state index in [0.717, 1.165) is 15.8 Å². The Morgan fingerprint density at radius 1 is 1.22 bits per heavy atom. The van der Waals surface area contributed by atoms with Gasteiger partial charge >= 0.3 is 4.87 Å². The lowest BCUT2D eigenvalue weighted by molar-refractivity contribution is 0.622. The van der Waals surface area contributed by atoms with Gasteiger partial charge in [0.05, 0.1) is 16.4 Å². The summed E-state index contributed by atoms with van der Waals surface area (Å²) in [5.41, 5.74) is 2.45. The predicted octanol–water partition coefficient (Wildman–Crippen LogP) is 2.80. The second-order valence-electron chi connectivity index (χ2n) is 4.00. The standard InChI is InChI=1S/C13H9FN2OS/c1-16-11-3-2-8(5-12(11)18-13(16)17)9-4-10(14)7-15-6-9/h2-7H,1H3. The smallest absolute Gasteiger partial charge is 0.302 e. The second kappa shape index (κ2) is 4.03. The van der Waals surface area contributed by atoms with Crippen LogP contribution in [-0.2, 0) is 7.05 Å². The minimum Gasteiger partial charge on any atom is -0.302 e. The van der Waals surface area contributed by atoms with E-state index in [9.17, 15) is 9.18 Å². The van der Waals surface area contributed by atoms with Crippen molar-refractivity contribution in [2.45, 2.75) is 0 Å². The first kappa shape index (κ1) is 11.1. The summed E-state index contributed by atoms with van der Waals surface area (Å²) >= 11 is 1.19. The van der Waals surface area contributed by atoms with Crippen molar-refractivity contribution in [3.05, 3.63) is 52.1 Å². The molecule has 0 bridgehead atoms. The van der Waals surface area contributed by atoms with Crippen molar-refractivity contribution in [3.8, 4) is 11.1 Å². The summed E-state index contributed by atoms with van der Waals surface area (Å²) in [6, 6.07) is 7.05. The van der Waals surface area contributed by atoms with Crippen LogP contribution >= 0.6 is 11.3 Å². The first-order valence-electron chi connectivity index (χ1n) is 5.35. The SMILES string of the molecule is Cn1c(=O)sc2cc(-c3cncc(F)c3)ccc21. The molecule has 0 atom stereocenters. The first-order valence-corrected chi connectivity index (χ1v) is 6.17. The molecule has 2 heterocycles. The highest BCUT2D eigenvalue weighted by Crippen LogP contribution is 2.25. The summed E-state index contributed by atoms with van der Waals surface area (Å²) in [6.07, 6.45) is 2.78. The van der Waals surface area contributed by atoms with E-state index in [2.05, 4.69) is 4.98 Å². The molecule has 3 nitrogen and oxygen atoms in total. The summed E-state index contributed by atoms with van der Waals surface area (Å²) < 4.78 is 15.6. The fraction of sp³-hybridized carbons (Fsp3) is 0.0769. The highest BCUT2D eigenvalue weighted by molar-refractivity contribution is 7.16. The molecule has 0 aliphatic heterocycles. The normalized spacial score (nSPS) is 11.0. The summed E-state index contributed by atoms with van der Waals surface area (Å²) in [5, 5.41) is 0. The summed E-state index contributed by atoms with van der Waals surface area (Å²) in [7, 11) is 1.74. The molecule has 0 saturated heterocycles. The van der Waals surface area contributed by atoms with Crippen molar-refractivity contribution in [2.24, 2.45) is 7.05 Å². The number of benzene rings is 1. The van der Waals surface area contributed by atoms with E-state index >= 15 is 0 Å². The molecule has 0 saturated carbocycles. The van der Waals surface area contributed by atoms with Crippen LogP contribution < -0.4 is 4.87 Å². The van der Waals surface area contributed by atoms with Crippen LogP contribution in [0, 0.1) is 5.82 Å². The number of rotatable bonds is 1. The average molecular weight is 260 g/mol. The van der Waals surface area contributed by atoms with Crippen LogP contribution in [0.4, 0.5) is 4.39 Å². The molecule has 0 amide bonds. The molecular formula is C13H9FN2OS. The van der Waals surface area contributed by atoms with Gasteiger partial charge in [0.2, 0.25) is 0 Å². The second-order valence-corrected chi connectivity index (χ2v) is 4.99. The zero-order chi connectivity index (χ0) is 12.7. The number of nitrogens with zero attached hydrogens (tertiary/aromatic N) is 2. The van der Waals surface area contributed by atoms with E-state index in [1.54, 1.807) is 17.8 Å². The Balaban J connectivity index is 2.22. The minimum atomic E-state index is -0.367. The van der Waals surface area contributed by atoms with Gasteiger partial charge in [0.1, 0.15) is 5.82 Å². The Kier molecular flexibility index (Phi) is 2.48. The number of fused-ring (bicyclic) bond motifs is 1. The molecule has 1 aromatic carbocycles. The Morgan fingerprint density at radius 2 is 2.06 bits per heavy atom. The molecule has 3 aromatic rings. The summed E-state index contributed by atoms with van der Waals surface area (Å²) in [6.45, 7) is 0. The Labute approximate surface area is 106 Å². The third-order valence-corrected chi connectivity index (χ3v) is 3.83. The fourth-order valence-electron chi connectivity index (χ4n) is 1.88. The van der Waals surface area contributed by atoms with Crippen molar-refractivity contribution in [2.75, 3.05) is 0 Å². The van der Waals surface area contributed by atoms with Gasteiger partial charge in [0, 0.05) is 18.8 Å². The van der Waals surface area contributed by atoms with Crippen LogP contribution in [-0.4, -0.2) is 9.55 Å². The van der Waals surface area contributed by atoms with E-state index in [-0.39, 0.29) is 10.7 Å². The lowest BCUT2D eigenvalue weighted by Crippen LogP contribution is -2.06. The quantitative estimate of drug-likeness (QED) is 0.674. The van der Waals surface area contributed by atoms with Crippen LogP contribution in [0.2, 0.25) is 0 Å². The van der Waals surface area contributed by atoms with Gasteiger partial charge < -0.3 is 4.57 Å². The molecule has 0 fully saturated rings. The molecule has 90 valence electrons. The summed E-state index contributed by atoms with van der Waals surface area (Å²) in [5.74, 6) is -0.367. The van der Waals surface area contributed by atoms with Gasteiger partial charge in [-0.25, -0.2) is 4.39 Å². The Hall–Kier alpha value is -2.01. The fourth-order valence-corrected chi connectivity index (χ4v) is 2.80. The van der Waals surface area contributed by atoms with Crippen LogP contribution in [0.15, 0.2) is 41.5 Å². The number of pyridine rings is 1. The number of hydrogen-bond donors (Lipinski definition) is 0. The number of aromatic nitrogens is 2. The third-order valence-electron chi connectivity index (χ3n) is 2.83. The van der Waals surface area contributed by atoms with Crippen molar-refractivity contribution in [3.63, 3.8) is 0 Å². The van der Waals surface area contributed by atoms with Gasteiger partial charge in [0.25, 0.3) is 0 Å². The van der Waals surface area contributed by atoms with Gasteiger partial charge in [-0.05, 0) is 23.8 Å². The van der Waals surface area contributed by atoms with Crippen LogP contribution in [0.3, 0.4) is 0 Å². The van der Waals surface area contributed by atoms with E-state index < -0.39 is 0 Å². The molecule has 0 radical (unpaired) electrons. The largest absolute Gasteiger partial charge is 0.307 e. The average Bonchev–Trinajstić information content (AvgIpc) is 2.65. The topological polar surface area (TPSA) is 34.9 Å². The number of hydrogen-bond acceptors (Lipinski definition) is 3. The van der Waals surface area contributed by atoms with Crippen molar-refractivity contribution >= 4 is 21.6 Å². The predicted molar refractivity (Wildman–Crippen MR) is 70.3 cm³/mol. The van der Waals surface area contributed by atoms with E-state index in [1.807, 2.05) is 18.2 Å². The molecule has 2 aromatic heterocycles. The third kappa shape index (κ3) is 1.73. The lowest BCUT2D eigenvalue weighted by Gasteiger charge is -2.01. The van der Waals surface area contributed by atoms with Crippen LogP contribution in [0.1, 0.15) is 0 Å². The van der Waals surface area contributed by atoms with Crippen molar-refractivity contribution in [1.82, 2.24) is 9.55 Å². The Morgan fingerprint density at radius 3 is 2.83 bits per heavy atom. The molecule has 0 N–H and O–H groups in total. The molecule has 18 heavy (non-hydrogen) atoms. The number of thiazole rings is 1. The lowest BCUT2D eigenvalue weighted by atomic mass is 10.1. The molecule has 5 heteroatoms. The van der Waals surface area contributed by atoms with E-state index in [4.69, 9.17) is 0 Å².